The Morgan fingerprint density at radius 3 is 2.81 bits per heavy atom. The zero-order valence-electron chi connectivity index (χ0n) is 7.87. The molecule has 0 unspecified atom stereocenters. The summed E-state index contributed by atoms with van der Waals surface area (Å²) in [5, 5.41) is -0.128. The Kier molecular flexibility index (Phi) is 2.57. The lowest BCUT2D eigenvalue weighted by Crippen LogP contribution is -2.15. The number of hydrogen-bond donors (Lipinski definition) is 2. The first-order valence-corrected chi connectivity index (χ1v) is 4.64. The van der Waals surface area contributed by atoms with Gasteiger partial charge in [-0.3, -0.25) is 4.98 Å². The number of H-pyrrole nitrogens is 1. The second-order valence-corrected chi connectivity index (χ2v) is 3.34. The van der Waals surface area contributed by atoms with Gasteiger partial charge in [0.2, 0.25) is 5.95 Å². The van der Waals surface area contributed by atoms with Gasteiger partial charge in [-0.05, 0) is 12.1 Å². The zero-order chi connectivity index (χ0) is 11.7. The number of hydrogen-bond acceptors (Lipinski definition) is 4. The highest BCUT2D eigenvalue weighted by Crippen LogP contribution is 2.26. The van der Waals surface area contributed by atoms with E-state index in [0.717, 1.165) is 0 Å². The van der Waals surface area contributed by atoms with Crippen molar-refractivity contribution in [1.29, 1.82) is 0 Å². The molecule has 2 aromatic rings. The van der Waals surface area contributed by atoms with E-state index in [4.69, 9.17) is 17.3 Å². The summed E-state index contributed by atoms with van der Waals surface area (Å²) >= 11 is 5.73. The number of nitrogen functional groups attached to an aromatic ring is 1. The molecule has 0 fully saturated rings. The van der Waals surface area contributed by atoms with Crippen LogP contribution in [0.2, 0.25) is 5.02 Å². The number of aromatic nitrogens is 3. The Morgan fingerprint density at radius 2 is 2.12 bits per heavy atom. The quantitative estimate of drug-likeness (QED) is 0.785. The van der Waals surface area contributed by atoms with E-state index >= 15 is 0 Å². The van der Waals surface area contributed by atoms with E-state index < -0.39 is 11.5 Å². The molecule has 0 saturated heterocycles. The van der Waals surface area contributed by atoms with Crippen molar-refractivity contribution in [2.75, 3.05) is 5.73 Å². The number of nitrogens with zero attached hydrogens (tertiary/aromatic N) is 2. The minimum Gasteiger partial charge on any atom is -0.368 e. The molecule has 5 nitrogen and oxygen atoms in total. The van der Waals surface area contributed by atoms with Crippen LogP contribution >= 0.6 is 11.6 Å². The second-order valence-electron chi connectivity index (χ2n) is 2.96. The van der Waals surface area contributed by atoms with Gasteiger partial charge in [0.15, 0.2) is 0 Å². The van der Waals surface area contributed by atoms with Crippen LogP contribution in [0.3, 0.4) is 0 Å². The van der Waals surface area contributed by atoms with Crippen LogP contribution in [0.1, 0.15) is 0 Å². The molecule has 16 heavy (non-hydrogen) atoms. The Morgan fingerprint density at radius 1 is 1.38 bits per heavy atom. The van der Waals surface area contributed by atoms with Gasteiger partial charge in [-0.25, -0.2) is 9.18 Å². The van der Waals surface area contributed by atoms with E-state index in [2.05, 4.69) is 15.0 Å². The number of benzene rings is 1. The molecular formula is C9H6ClFN4O. The van der Waals surface area contributed by atoms with E-state index in [0.29, 0.717) is 0 Å². The third kappa shape index (κ3) is 1.87. The summed E-state index contributed by atoms with van der Waals surface area (Å²) in [7, 11) is 0. The summed E-state index contributed by atoms with van der Waals surface area (Å²) in [6.07, 6.45) is 0. The maximum Gasteiger partial charge on any atom is 0.349 e. The van der Waals surface area contributed by atoms with E-state index in [1.807, 2.05) is 0 Å². The summed E-state index contributed by atoms with van der Waals surface area (Å²) in [6, 6.07) is 4.17. The summed E-state index contributed by atoms with van der Waals surface area (Å²) in [6.45, 7) is 0. The maximum atomic E-state index is 13.2. The molecule has 0 aliphatic heterocycles. The van der Waals surface area contributed by atoms with Gasteiger partial charge in [0.1, 0.15) is 11.6 Å². The summed E-state index contributed by atoms with van der Waals surface area (Å²) in [4.78, 5) is 20.5. The lowest BCUT2D eigenvalue weighted by molar-refractivity contribution is 0.628. The lowest BCUT2D eigenvalue weighted by Gasteiger charge is -2.03. The molecular weight excluding hydrogens is 235 g/mol. The van der Waals surface area contributed by atoms with Crippen molar-refractivity contribution in [3.05, 3.63) is 39.5 Å². The first kappa shape index (κ1) is 10.6. The second kappa shape index (κ2) is 3.90. The zero-order valence-corrected chi connectivity index (χ0v) is 8.62. The number of nitrogens with one attached hydrogen (secondary N) is 1. The fourth-order valence-corrected chi connectivity index (χ4v) is 1.43. The Balaban J connectivity index is 2.67. The third-order valence-corrected chi connectivity index (χ3v) is 2.26. The Hall–Kier alpha value is -1.95. The highest BCUT2D eigenvalue weighted by molar-refractivity contribution is 6.33. The molecule has 0 aliphatic rings. The number of halogens is 2. The van der Waals surface area contributed by atoms with Gasteiger partial charge in [0.05, 0.1) is 5.02 Å². The van der Waals surface area contributed by atoms with Crippen LogP contribution in [-0.4, -0.2) is 15.0 Å². The summed E-state index contributed by atoms with van der Waals surface area (Å²) in [5.74, 6) is -0.710. The number of anilines is 1. The van der Waals surface area contributed by atoms with Gasteiger partial charge >= 0.3 is 5.69 Å². The summed E-state index contributed by atoms with van der Waals surface area (Å²) in [5.41, 5.74) is 4.90. The van der Waals surface area contributed by atoms with Crippen molar-refractivity contribution >= 4 is 17.5 Å². The predicted octanol–water partition coefficient (Wildman–Crippen LogP) is 1.21. The molecule has 0 bridgehead atoms. The molecule has 2 rings (SSSR count). The van der Waals surface area contributed by atoms with Crippen molar-refractivity contribution < 1.29 is 4.39 Å². The van der Waals surface area contributed by atoms with Gasteiger partial charge in [0, 0.05) is 5.56 Å². The van der Waals surface area contributed by atoms with Crippen LogP contribution in [0.4, 0.5) is 10.3 Å². The van der Waals surface area contributed by atoms with Crippen LogP contribution in [0.15, 0.2) is 23.0 Å². The van der Waals surface area contributed by atoms with Crippen molar-refractivity contribution in [1.82, 2.24) is 15.0 Å². The highest BCUT2D eigenvalue weighted by atomic mass is 35.5. The van der Waals surface area contributed by atoms with E-state index in [-0.39, 0.29) is 22.4 Å². The van der Waals surface area contributed by atoms with Crippen LogP contribution in [0, 0.1) is 5.82 Å². The predicted molar refractivity (Wildman–Crippen MR) is 57.5 cm³/mol. The van der Waals surface area contributed by atoms with Crippen molar-refractivity contribution in [3.63, 3.8) is 0 Å². The molecule has 1 aromatic heterocycles. The number of rotatable bonds is 1. The first-order chi connectivity index (χ1) is 7.58. The van der Waals surface area contributed by atoms with Crippen LogP contribution in [-0.2, 0) is 0 Å². The minimum absolute atomic E-state index is 0.0852. The average molecular weight is 241 g/mol. The van der Waals surface area contributed by atoms with Gasteiger partial charge in [-0.15, -0.1) is 0 Å². The molecule has 82 valence electrons. The van der Waals surface area contributed by atoms with Gasteiger partial charge in [-0.2, -0.15) is 9.97 Å². The van der Waals surface area contributed by atoms with Crippen LogP contribution in [0.25, 0.3) is 11.4 Å². The largest absolute Gasteiger partial charge is 0.368 e. The van der Waals surface area contributed by atoms with Gasteiger partial charge in [0.25, 0.3) is 0 Å². The minimum atomic E-state index is -0.664. The van der Waals surface area contributed by atoms with Crippen molar-refractivity contribution in [2.24, 2.45) is 0 Å². The van der Waals surface area contributed by atoms with E-state index in [1.54, 1.807) is 0 Å². The van der Waals surface area contributed by atoms with Crippen LogP contribution in [0.5, 0.6) is 0 Å². The molecule has 0 radical (unpaired) electrons. The molecule has 0 aliphatic carbocycles. The topological polar surface area (TPSA) is 84.7 Å². The molecule has 7 heteroatoms. The van der Waals surface area contributed by atoms with Gasteiger partial charge in [-0.1, -0.05) is 17.7 Å². The van der Waals surface area contributed by atoms with Crippen molar-refractivity contribution in [3.8, 4) is 11.4 Å². The molecule has 1 aromatic carbocycles. The Bertz CT molecular complexity index is 598. The molecule has 3 N–H and O–H groups in total. The molecule has 0 amide bonds. The van der Waals surface area contributed by atoms with Gasteiger partial charge < -0.3 is 5.73 Å². The fourth-order valence-electron chi connectivity index (χ4n) is 1.22. The molecule has 0 atom stereocenters. The normalized spacial score (nSPS) is 10.4. The third-order valence-electron chi connectivity index (χ3n) is 1.87. The van der Waals surface area contributed by atoms with E-state index in [9.17, 15) is 9.18 Å². The van der Waals surface area contributed by atoms with Crippen molar-refractivity contribution in [2.45, 2.75) is 0 Å². The summed E-state index contributed by atoms with van der Waals surface area (Å²) < 4.78 is 13.2. The maximum absolute atomic E-state index is 13.2. The number of aromatic amines is 1. The Labute approximate surface area is 94.1 Å². The SMILES string of the molecule is Nc1nc(-c2cccc(F)c2Cl)[nH]c(=O)n1. The molecule has 0 saturated carbocycles. The lowest BCUT2D eigenvalue weighted by atomic mass is 10.2. The average Bonchev–Trinajstić information content (AvgIpc) is 2.20. The molecule has 1 heterocycles. The fraction of sp³-hybridized carbons (Fsp3) is 0. The first-order valence-electron chi connectivity index (χ1n) is 4.26. The van der Waals surface area contributed by atoms with E-state index in [1.165, 1.54) is 18.2 Å². The standard InChI is InChI=1S/C9H6ClFN4O/c10-6-4(2-1-3-5(6)11)7-13-8(12)15-9(16)14-7/h1-3H,(H3,12,13,14,15,16). The monoisotopic (exact) mass is 240 g/mol. The number of nitrogens with two attached hydrogens (primary N) is 1. The molecule has 0 spiro atoms. The van der Waals surface area contributed by atoms with Crippen LogP contribution < -0.4 is 11.4 Å². The highest BCUT2D eigenvalue weighted by Gasteiger charge is 2.10. The smallest absolute Gasteiger partial charge is 0.349 e.